The summed E-state index contributed by atoms with van der Waals surface area (Å²) >= 11 is 0. The highest BCUT2D eigenvalue weighted by Crippen LogP contribution is 2.26. The number of sulfonamides is 1. The Kier molecular flexibility index (Phi) is 4.68. The smallest absolute Gasteiger partial charge is 0.314 e. The van der Waals surface area contributed by atoms with E-state index in [0.29, 0.717) is 5.52 Å². The second kappa shape index (κ2) is 7.03. The van der Waals surface area contributed by atoms with Crippen LogP contribution in [-0.4, -0.2) is 18.4 Å². The van der Waals surface area contributed by atoms with Crippen LogP contribution in [0.3, 0.4) is 0 Å². The topological polar surface area (TPSA) is 112 Å². The van der Waals surface area contributed by atoms with E-state index in [0.717, 1.165) is 24.8 Å². The molecule has 8 heteroatoms. The van der Waals surface area contributed by atoms with Gasteiger partial charge in [-0.15, -0.1) is 0 Å². The van der Waals surface area contributed by atoms with Crippen molar-refractivity contribution in [3.8, 4) is 0 Å². The second-order valence-corrected chi connectivity index (χ2v) is 8.91. The van der Waals surface area contributed by atoms with E-state index in [1.165, 1.54) is 35.7 Å². The maximum Gasteiger partial charge on any atom is 0.314 e. The monoisotopic (exact) mass is 399 g/mol. The fourth-order valence-corrected chi connectivity index (χ4v) is 4.91. The first-order chi connectivity index (χ1) is 13.3. The van der Waals surface area contributed by atoms with Crippen LogP contribution in [0.25, 0.3) is 11.0 Å². The van der Waals surface area contributed by atoms with E-state index in [4.69, 9.17) is 0 Å². The van der Waals surface area contributed by atoms with Crippen molar-refractivity contribution in [3.05, 3.63) is 73.8 Å². The Labute approximate surface area is 161 Å². The number of hydrogen-bond donors (Lipinski definition) is 3. The lowest BCUT2D eigenvalue weighted by molar-refractivity contribution is 0.566. The van der Waals surface area contributed by atoms with Gasteiger partial charge in [-0.2, -0.15) is 0 Å². The minimum Gasteiger partial charge on any atom is -0.316 e. The fraction of sp³-hybridized carbons (Fsp3) is 0.300. The number of H-pyrrole nitrogens is 2. The van der Waals surface area contributed by atoms with E-state index in [9.17, 15) is 18.0 Å². The lowest BCUT2D eigenvalue weighted by Crippen LogP contribution is -2.29. The molecule has 1 aliphatic rings. The molecule has 0 amide bonds. The molecule has 3 N–H and O–H groups in total. The molecule has 28 heavy (non-hydrogen) atoms. The predicted octanol–water partition coefficient (Wildman–Crippen LogP) is 2.13. The van der Waals surface area contributed by atoms with Crippen LogP contribution in [0.4, 0.5) is 0 Å². The van der Waals surface area contributed by atoms with Crippen molar-refractivity contribution in [1.29, 1.82) is 0 Å². The number of rotatable bonds is 4. The van der Waals surface area contributed by atoms with Gasteiger partial charge in [-0.05, 0) is 67.5 Å². The first-order valence-corrected chi connectivity index (χ1v) is 10.7. The van der Waals surface area contributed by atoms with Crippen LogP contribution in [0.1, 0.15) is 42.5 Å². The predicted molar refractivity (Wildman–Crippen MR) is 107 cm³/mol. The Morgan fingerprint density at radius 1 is 0.893 bits per heavy atom. The third-order valence-electron chi connectivity index (χ3n) is 5.21. The average molecular weight is 399 g/mol. The van der Waals surface area contributed by atoms with Gasteiger partial charge in [-0.3, -0.25) is 9.59 Å². The number of aryl methyl sites for hydroxylation is 2. The summed E-state index contributed by atoms with van der Waals surface area (Å²) in [5.41, 5.74) is 2.59. The molecule has 146 valence electrons. The third-order valence-corrected chi connectivity index (χ3v) is 6.75. The summed E-state index contributed by atoms with van der Waals surface area (Å²) < 4.78 is 28.3. The fourth-order valence-electron chi connectivity index (χ4n) is 3.65. The molecule has 0 aliphatic heterocycles. The summed E-state index contributed by atoms with van der Waals surface area (Å²) in [5, 5.41) is 0. The summed E-state index contributed by atoms with van der Waals surface area (Å²) in [6, 6.07) is 9.95. The Morgan fingerprint density at radius 3 is 2.32 bits per heavy atom. The maximum atomic E-state index is 12.8. The number of aromatic amines is 2. The molecular formula is C20H21N3O4S. The molecule has 1 atom stereocenters. The first kappa shape index (κ1) is 18.6. The molecular weight excluding hydrogens is 378 g/mol. The molecule has 0 radical (unpaired) electrons. The molecule has 0 saturated heterocycles. The van der Waals surface area contributed by atoms with Crippen molar-refractivity contribution < 1.29 is 8.42 Å². The zero-order valence-corrected chi connectivity index (χ0v) is 16.2. The average Bonchev–Trinajstić information content (AvgIpc) is 2.67. The van der Waals surface area contributed by atoms with Gasteiger partial charge < -0.3 is 9.97 Å². The van der Waals surface area contributed by atoms with Gasteiger partial charge in [0.1, 0.15) is 0 Å². The van der Waals surface area contributed by atoms with Crippen LogP contribution in [0.2, 0.25) is 0 Å². The minimum atomic E-state index is -3.81. The van der Waals surface area contributed by atoms with E-state index < -0.39 is 27.2 Å². The quantitative estimate of drug-likeness (QED) is 0.584. The van der Waals surface area contributed by atoms with Gasteiger partial charge in [-0.1, -0.05) is 18.2 Å². The van der Waals surface area contributed by atoms with Crippen molar-refractivity contribution in [2.45, 2.75) is 43.5 Å². The van der Waals surface area contributed by atoms with Gasteiger partial charge in [-0.25, -0.2) is 13.1 Å². The maximum absolute atomic E-state index is 12.8. The van der Waals surface area contributed by atoms with E-state index in [-0.39, 0.29) is 10.4 Å². The molecule has 2 aromatic carbocycles. The van der Waals surface area contributed by atoms with Gasteiger partial charge in [0.25, 0.3) is 0 Å². The van der Waals surface area contributed by atoms with Gasteiger partial charge in [0, 0.05) is 6.04 Å². The van der Waals surface area contributed by atoms with Crippen molar-refractivity contribution in [2.75, 3.05) is 0 Å². The summed E-state index contributed by atoms with van der Waals surface area (Å²) in [5.74, 6) is 0. The molecule has 0 fully saturated rings. The Balaban J connectivity index is 1.63. The summed E-state index contributed by atoms with van der Waals surface area (Å²) in [6.45, 7) is 1.81. The summed E-state index contributed by atoms with van der Waals surface area (Å²) in [4.78, 5) is 27.7. The molecule has 7 nitrogen and oxygen atoms in total. The molecule has 1 aromatic heterocycles. The molecule has 4 rings (SSSR count). The van der Waals surface area contributed by atoms with E-state index >= 15 is 0 Å². The Hall–Kier alpha value is -2.71. The van der Waals surface area contributed by atoms with Gasteiger partial charge >= 0.3 is 11.1 Å². The van der Waals surface area contributed by atoms with Crippen molar-refractivity contribution >= 4 is 21.1 Å². The molecule has 0 spiro atoms. The molecule has 1 aliphatic carbocycles. The number of fused-ring (bicyclic) bond motifs is 2. The van der Waals surface area contributed by atoms with Crippen LogP contribution < -0.4 is 15.8 Å². The second-order valence-electron chi connectivity index (χ2n) is 7.19. The molecule has 0 bridgehead atoms. The SMILES string of the molecule is C[C@H](NS(=O)(=O)c1ccc2[nH]c(=O)c(=O)[nH]c2c1)c1ccc2c(c1)CCCC2. The normalized spacial score (nSPS) is 15.3. The van der Waals surface area contributed by atoms with Crippen LogP contribution >= 0.6 is 0 Å². The number of nitrogens with one attached hydrogen (secondary N) is 3. The molecule has 0 saturated carbocycles. The standard InChI is InChI=1S/C20H21N3O4S/c1-12(14-7-6-13-4-2-3-5-15(13)10-14)23-28(26,27)16-8-9-17-18(11-16)22-20(25)19(24)21-17/h6-12,23H,2-5H2,1H3,(H,21,24)(H,22,25)/t12-/m0/s1. The van der Waals surface area contributed by atoms with Crippen LogP contribution in [0.15, 0.2) is 50.9 Å². The van der Waals surface area contributed by atoms with E-state index in [2.05, 4.69) is 26.8 Å². The lowest BCUT2D eigenvalue weighted by Gasteiger charge is -2.20. The largest absolute Gasteiger partial charge is 0.316 e. The number of hydrogen-bond acceptors (Lipinski definition) is 4. The van der Waals surface area contributed by atoms with Gasteiger partial charge in [0.15, 0.2) is 0 Å². The van der Waals surface area contributed by atoms with Crippen LogP contribution in [0.5, 0.6) is 0 Å². The van der Waals surface area contributed by atoms with E-state index in [1.807, 2.05) is 13.0 Å². The van der Waals surface area contributed by atoms with Crippen molar-refractivity contribution in [2.24, 2.45) is 0 Å². The number of aromatic nitrogens is 2. The highest BCUT2D eigenvalue weighted by Gasteiger charge is 2.20. The first-order valence-electron chi connectivity index (χ1n) is 9.24. The van der Waals surface area contributed by atoms with Crippen molar-refractivity contribution in [1.82, 2.24) is 14.7 Å². The highest BCUT2D eigenvalue weighted by atomic mass is 32.2. The molecule has 0 unspecified atom stereocenters. The zero-order valence-electron chi connectivity index (χ0n) is 15.4. The van der Waals surface area contributed by atoms with Crippen LogP contribution in [-0.2, 0) is 22.9 Å². The van der Waals surface area contributed by atoms with Crippen molar-refractivity contribution in [3.63, 3.8) is 0 Å². The summed E-state index contributed by atoms with van der Waals surface area (Å²) in [6.07, 6.45) is 4.46. The number of benzene rings is 2. The third kappa shape index (κ3) is 3.53. The Morgan fingerprint density at radius 2 is 1.57 bits per heavy atom. The van der Waals surface area contributed by atoms with Crippen LogP contribution in [0, 0.1) is 0 Å². The molecule has 1 heterocycles. The highest BCUT2D eigenvalue weighted by molar-refractivity contribution is 7.89. The Bertz CT molecular complexity index is 1270. The summed E-state index contributed by atoms with van der Waals surface area (Å²) in [7, 11) is -3.81. The molecule has 3 aromatic rings. The minimum absolute atomic E-state index is 0.0208. The van der Waals surface area contributed by atoms with E-state index in [1.54, 1.807) is 0 Å². The zero-order chi connectivity index (χ0) is 19.9. The lowest BCUT2D eigenvalue weighted by atomic mass is 9.89. The van der Waals surface area contributed by atoms with Gasteiger partial charge in [0.05, 0.1) is 15.9 Å². The van der Waals surface area contributed by atoms with Gasteiger partial charge in [0.2, 0.25) is 10.0 Å².